The summed E-state index contributed by atoms with van der Waals surface area (Å²) >= 11 is 6.34. The molecule has 10 heteroatoms. The average Bonchev–Trinajstić information content (AvgIpc) is 3.02. The van der Waals surface area contributed by atoms with Crippen molar-refractivity contribution < 1.29 is 23.5 Å². The quantitative estimate of drug-likeness (QED) is 0.123. The molecule has 2 aliphatic rings. The third-order valence-corrected chi connectivity index (χ3v) is 11.9. The number of carbonyl (C=O) groups is 3. The molecular weight excluding hydrogens is 462 g/mol. The van der Waals surface area contributed by atoms with E-state index in [1.54, 1.807) is 5.01 Å². The van der Waals surface area contributed by atoms with Gasteiger partial charge in [0.25, 0.3) is 0 Å². The highest BCUT2D eigenvalue weighted by Gasteiger charge is 2.56. The fourth-order valence-electron chi connectivity index (χ4n) is 3.85. The number of hydrazine groups is 1. The lowest BCUT2D eigenvalue weighted by Crippen LogP contribution is -2.69. The standard InChI is InChI=1S/C23H38ClN3O5Si/c1-10-11-31-22(30)20(24)27-17(13-18(28)16-12-14(2)26(7)25-16)19(21(27)29)15(3)32-33(8,9)23(4,5)6/h10,12,15-17,19-20,25H,1,11,13H2,2-9H3/t15-,16?,17-,19-,20?/m1/s1. The zero-order chi connectivity index (χ0) is 25.3. The van der Waals surface area contributed by atoms with Gasteiger partial charge in [-0.2, -0.15) is 0 Å². The van der Waals surface area contributed by atoms with Crippen LogP contribution in [0.1, 0.15) is 41.0 Å². The van der Waals surface area contributed by atoms with Crippen LogP contribution in [0, 0.1) is 5.92 Å². The first-order chi connectivity index (χ1) is 15.1. The van der Waals surface area contributed by atoms with Gasteiger partial charge in [-0.25, -0.2) is 10.2 Å². The molecule has 0 radical (unpaired) electrons. The predicted molar refractivity (Wildman–Crippen MR) is 131 cm³/mol. The Morgan fingerprint density at radius 2 is 1.97 bits per heavy atom. The first kappa shape index (κ1) is 27.6. The van der Waals surface area contributed by atoms with Crippen LogP contribution in [-0.4, -0.2) is 73.2 Å². The Kier molecular flexibility index (Phi) is 8.60. The maximum Gasteiger partial charge on any atom is 0.344 e. The van der Waals surface area contributed by atoms with Gasteiger partial charge in [-0.15, -0.1) is 0 Å². The lowest BCUT2D eigenvalue weighted by Gasteiger charge is -2.52. The van der Waals surface area contributed by atoms with E-state index >= 15 is 0 Å². The monoisotopic (exact) mass is 499 g/mol. The fraction of sp³-hybridized carbons (Fsp3) is 0.696. The summed E-state index contributed by atoms with van der Waals surface area (Å²) in [5.74, 6) is -1.71. The van der Waals surface area contributed by atoms with Crippen LogP contribution in [0.3, 0.4) is 0 Å². The number of amides is 1. The van der Waals surface area contributed by atoms with Gasteiger partial charge in [0.1, 0.15) is 12.6 Å². The highest BCUT2D eigenvalue weighted by atomic mass is 35.5. The third kappa shape index (κ3) is 5.88. The highest BCUT2D eigenvalue weighted by molar-refractivity contribution is 6.74. The molecule has 1 N–H and O–H groups in total. The zero-order valence-electron chi connectivity index (χ0n) is 21.0. The Bertz CT molecular complexity index is 825. The van der Waals surface area contributed by atoms with Crippen molar-refractivity contribution in [2.45, 2.75) is 82.9 Å². The molecule has 0 aromatic heterocycles. The SMILES string of the molecule is C=CCOC(=O)C(Cl)N1C(=O)[C@H]([C@@H](C)O[Si](C)(C)C(C)(C)C)[C@H]1CC(=O)C1C=C(C)N(C)N1. The number of carbonyl (C=O) groups excluding carboxylic acids is 3. The largest absolute Gasteiger partial charge is 0.459 e. The minimum absolute atomic E-state index is 0.00953. The summed E-state index contributed by atoms with van der Waals surface area (Å²) in [5.41, 5.74) is 2.71. The Morgan fingerprint density at radius 1 is 1.36 bits per heavy atom. The smallest absolute Gasteiger partial charge is 0.344 e. The first-order valence-electron chi connectivity index (χ1n) is 11.2. The Hall–Kier alpha value is -1.68. The summed E-state index contributed by atoms with van der Waals surface area (Å²) in [4.78, 5) is 39.9. The lowest BCUT2D eigenvalue weighted by atomic mass is 9.79. The van der Waals surface area contributed by atoms with E-state index in [2.05, 4.69) is 45.9 Å². The Labute approximate surface area is 203 Å². The summed E-state index contributed by atoms with van der Waals surface area (Å²) in [6.45, 7) is 17.9. The van der Waals surface area contributed by atoms with E-state index in [4.69, 9.17) is 20.8 Å². The van der Waals surface area contributed by atoms with Crippen LogP contribution >= 0.6 is 11.6 Å². The molecule has 2 heterocycles. The molecule has 0 bridgehead atoms. The van der Waals surface area contributed by atoms with Gasteiger partial charge in [0.05, 0.1) is 18.1 Å². The molecule has 1 saturated heterocycles. The summed E-state index contributed by atoms with van der Waals surface area (Å²) in [7, 11) is -0.331. The number of rotatable bonds is 10. The van der Waals surface area contributed by atoms with E-state index in [1.807, 2.05) is 27.0 Å². The van der Waals surface area contributed by atoms with E-state index in [-0.39, 0.29) is 29.8 Å². The van der Waals surface area contributed by atoms with Crippen molar-refractivity contribution in [2.24, 2.45) is 5.92 Å². The number of ketones is 1. The van der Waals surface area contributed by atoms with Crippen molar-refractivity contribution in [3.05, 3.63) is 24.4 Å². The number of allylic oxidation sites excluding steroid dienone is 1. The maximum absolute atomic E-state index is 13.2. The minimum atomic E-state index is -2.16. The molecule has 1 fully saturated rings. The van der Waals surface area contributed by atoms with Crippen LogP contribution in [0.5, 0.6) is 0 Å². The second kappa shape index (κ2) is 10.3. The van der Waals surface area contributed by atoms with Crippen LogP contribution in [0.2, 0.25) is 18.1 Å². The van der Waals surface area contributed by atoms with Crippen LogP contribution in [0.25, 0.3) is 0 Å². The van der Waals surface area contributed by atoms with Gasteiger partial charge in [0.15, 0.2) is 14.1 Å². The van der Waals surface area contributed by atoms with Gasteiger partial charge in [0, 0.05) is 19.2 Å². The van der Waals surface area contributed by atoms with E-state index in [0.29, 0.717) is 0 Å². The van der Waals surface area contributed by atoms with E-state index < -0.39 is 43.9 Å². The number of esters is 1. The molecule has 1 amide bonds. The number of Topliss-reactive ketones (excluding diaryl/α,β-unsaturated/α-hetero) is 1. The molecule has 2 unspecified atom stereocenters. The van der Waals surface area contributed by atoms with Gasteiger partial charge in [-0.1, -0.05) is 45.0 Å². The van der Waals surface area contributed by atoms with Gasteiger partial charge >= 0.3 is 5.97 Å². The fourth-order valence-corrected chi connectivity index (χ4v) is 5.58. The molecule has 33 heavy (non-hydrogen) atoms. The number of β-lactam (4-membered cyclic amide) rings is 1. The lowest BCUT2D eigenvalue weighted by molar-refractivity contribution is -0.173. The summed E-state index contributed by atoms with van der Waals surface area (Å²) in [6.07, 6.45) is 2.90. The third-order valence-electron chi connectivity index (χ3n) is 6.91. The van der Waals surface area contributed by atoms with Crippen molar-refractivity contribution in [1.82, 2.24) is 15.3 Å². The summed E-state index contributed by atoms with van der Waals surface area (Å²) < 4.78 is 11.5. The van der Waals surface area contributed by atoms with Gasteiger partial charge < -0.3 is 19.1 Å². The molecule has 0 saturated carbocycles. The average molecular weight is 500 g/mol. The molecule has 2 aliphatic heterocycles. The second-order valence-corrected chi connectivity index (χ2v) is 15.5. The summed E-state index contributed by atoms with van der Waals surface area (Å²) in [6, 6.07) is -1.06. The molecular formula is C23H38ClN3O5Si. The zero-order valence-corrected chi connectivity index (χ0v) is 22.7. The van der Waals surface area contributed by atoms with Crippen LogP contribution < -0.4 is 5.43 Å². The Balaban J connectivity index is 2.25. The van der Waals surface area contributed by atoms with Crippen LogP contribution in [-0.2, 0) is 23.5 Å². The Morgan fingerprint density at radius 3 is 2.45 bits per heavy atom. The molecule has 0 aromatic carbocycles. The predicted octanol–water partition coefficient (Wildman–Crippen LogP) is 3.20. The molecule has 0 spiro atoms. The summed E-state index contributed by atoms with van der Waals surface area (Å²) in [5, 5.41) is 1.74. The minimum Gasteiger partial charge on any atom is -0.459 e. The van der Waals surface area contributed by atoms with Gasteiger partial charge in [0.2, 0.25) is 11.4 Å². The normalized spacial score (nSPS) is 25.3. The number of alkyl halides is 1. The van der Waals surface area contributed by atoms with E-state index in [9.17, 15) is 14.4 Å². The molecule has 186 valence electrons. The van der Waals surface area contributed by atoms with Crippen molar-refractivity contribution in [2.75, 3.05) is 13.7 Å². The number of halogens is 1. The number of hydrogen-bond acceptors (Lipinski definition) is 7. The molecule has 0 aliphatic carbocycles. The van der Waals surface area contributed by atoms with Crippen molar-refractivity contribution >= 4 is 37.6 Å². The second-order valence-electron chi connectivity index (χ2n) is 10.3. The van der Waals surface area contributed by atoms with Crippen molar-refractivity contribution in [3.8, 4) is 0 Å². The van der Waals surface area contributed by atoms with E-state index in [1.165, 1.54) is 11.0 Å². The highest BCUT2D eigenvalue weighted by Crippen LogP contribution is 2.42. The number of nitrogens with one attached hydrogen (secondary N) is 1. The van der Waals surface area contributed by atoms with E-state index in [0.717, 1.165) is 5.70 Å². The number of likely N-dealkylation sites (tertiary alicyclic amines) is 1. The number of hydrogen-bond donors (Lipinski definition) is 1. The van der Waals surface area contributed by atoms with Crippen LogP contribution in [0.15, 0.2) is 24.4 Å². The van der Waals surface area contributed by atoms with Crippen molar-refractivity contribution in [1.29, 1.82) is 0 Å². The van der Waals surface area contributed by atoms with Gasteiger partial charge in [-0.3, -0.25) is 9.59 Å². The maximum atomic E-state index is 13.2. The van der Waals surface area contributed by atoms with Gasteiger partial charge in [-0.05, 0) is 38.1 Å². The van der Waals surface area contributed by atoms with Crippen LogP contribution in [0.4, 0.5) is 0 Å². The number of nitrogens with zero attached hydrogens (tertiary/aromatic N) is 2. The first-order valence-corrected chi connectivity index (χ1v) is 14.6. The molecule has 0 aromatic rings. The molecule has 8 nitrogen and oxygen atoms in total. The molecule has 5 atom stereocenters. The van der Waals surface area contributed by atoms with Crippen molar-refractivity contribution in [3.63, 3.8) is 0 Å². The topological polar surface area (TPSA) is 88.2 Å². The number of ether oxygens (including phenoxy) is 1. The molecule has 2 rings (SSSR count).